The number of carbonyl (C=O) groups is 1. The highest BCUT2D eigenvalue weighted by Gasteiger charge is 2.25. The van der Waals surface area contributed by atoms with Crippen molar-refractivity contribution < 1.29 is 4.79 Å². The van der Waals surface area contributed by atoms with Crippen molar-refractivity contribution in [3.63, 3.8) is 0 Å². The van der Waals surface area contributed by atoms with Gasteiger partial charge in [0, 0.05) is 18.8 Å². The van der Waals surface area contributed by atoms with Crippen LogP contribution in [0.2, 0.25) is 0 Å². The topological polar surface area (TPSA) is 32.3 Å². The maximum Gasteiger partial charge on any atom is 0.321 e. The number of urea groups is 1. The Hall–Kier alpha value is -1.51. The van der Waals surface area contributed by atoms with Crippen molar-refractivity contribution >= 4 is 11.7 Å². The minimum Gasteiger partial charge on any atom is -0.338 e. The van der Waals surface area contributed by atoms with Gasteiger partial charge in [0.25, 0.3) is 0 Å². The standard InChI is InChI=1S/C13H18N2O/c1-3-14-13(16)15-9-10(2)8-11-6-4-5-7-12(11)15/h4-7,10H,3,8-9H2,1-2H3,(H,14,16). The Bertz CT molecular complexity index is 389. The van der Waals surface area contributed by atoms with Gasteiger partial charge in [-0.1, -0.05) is 25.1 Å². The lowest BCUT2D eigenvalue weighted by atomic mass is 9.94. The molecule has 1 aromatic carbocycles. The van der Waals surface area contributed by atoms with E-state index in [4.69, 9.17) is 0 Å². The molecule has 0 spiro atoms. The Morgan fingerprint density at radius 3 is 3.00 bits per heavy atom. The number of hydrogen-bond acceptors (Lipinski definition) is 1. The highest BCUT2D eigenvalue weighted by atomic mass is 16.2. The Kier molecular flexibility index (Phi) is 3.13. The van der Waals surface area contributed by atoms with E-state index in [0.29, 0.717) is 12.5 Å². The zero-order valence-corrected chi connectivity index (χ0v) is 9.86. The highest BCUT2D eigenvalue weighted by Crippen LogP contribution is 2.29. The van der Waals surface area contributed by atoms with Crippen LogP contribution in [0.3, 0.4) is 0 Å². The van der Waals surface area contributed by atoms with Crippen LogP contribution < -0.4 is 10.2 Å². The molecule has 1 aromatic rings. The molecule has 1 aliphatic rings. The maximum atomic E-state index is 11.9. The Morgan fingerprint density at radius 2 is 2.25 bits per heavy atom. The number of anilines is 1. The molecule has 3 heteroatoms. The first-order chi connectivity index (χ1) is 7.72. The van der Waals surface area contributed by atoms with Crippen molar-refractivity contribution in [1.82, 2.24) is 5.32 Å². The predicted octanol–water partition coefficient (Wildman–Crippen LogP) is 2.41. The summed E-state index contributed by atoms with van der Waals surface area (Å²) < 4.78 is 0. The lowest BCUT2D eigenvalue weighted by Gasteiger charge is -2.33. The quantitative estimate of drug-likeness (QED) is 0.771. The first-order valence-corrected chi connectivity index (χ1v) is 5.85. The zero-order chi connectivity index (χ0) is 11.5. The smallest absolute Gasteiger partial charge is 0.321 e. The first kappa shape index (κ1) is 11.0. The van der Waals surface area contributed by atoms with E-state index in [2.05, 4.69) is 18.3 Å². The molecule has 0 fully saturated rings. The molecule has 1 aliphatic heterocycles. The molecule has 86 valence electrons. The van der Waals surface area contributed by atoms with E-state index in [1.54, 1.807) is 0 Å². The molecule has 1 N–H and O–H groups in total. The second-order valence-corrected chi connectivity index (χ2v) is 4.38. The summed E-state index contributed by atoms with van der Waals surface area (Å²) in [6.45, 7) is 5.61. The molecule has 0 aromatic heterocycles. The van der Waals surface area contributed by atoms with E-state index >= 15 is 0 Å². The summed E-state index contributed by atoms with van der Waals surface area (Å²) in [4.78, 5) is 13.8. The van der Waals surface area contributed by atoms with E-state index < -0.39 is 0 Å². The summed E-state index contributed by atoms with van der Waals surface area (Å²) in [6, 6.07) is 8.17. The Labute approximate surface area is 96.5 Å². The van der Waals surface area contributed by atoms with Crippen molar-refractivity contribution in [2.24, 2.45) is 5.92 Å². The number of benzene rings is 1. The third kappa shape index (κ3) is 2.03. The fourth-order valence-electron chi connectivity index (χ4n) is 2.24. The Balaban J connectivity index is 2.30. The van der Waals surface area contributed by atoms with Gasteiger partial charge in [0.05, 0.1) is 0 Å². The lowest BCUT2D eigenvalue weighted by Crippen LogP contribution is -2.45. The molecule has 0 saturated heterocycles. The van der Waals surface area contributed by atoms with Gasteiger partial charge in [-0.25, -0.2) is 4.79 Å². The molecular formula is C13H18N2O. The summed E-state index contributed by atoms with van der Waals surface area (Å²) in [5, 5.41) is 2.86. The van der Waals surface area contributed by atoms with Crippen molar-refractivity contribution in [1.29, 1.82) is 0 Å². The molecule has 1 unspecified atom stereocenters. The third-order valence-electron chi connectivity index (χ3n) is 2.92. The normalized spacial score (nSPS) is 19.1. The van der Waals surface area contributed by atoms with Gasteiger partial charge in [-0.05, 0) is 30.9 Å². The van der Waals surface area contributed by atoms with E-state index in [9.17, 15) is 4.79 Å². The van der Waals surface area contributed by atoms with Crippen LogP contribution in [0, 0.1) is 5.92 Å². The molecule has 0 bridgehead atoms. The van der Waals surface area contributed by atoms with Crippen molar-refractivity contribution in [2.75, 3.05) is 18.0 Å². The number of para-hydroxylation sites is 1. The molecule has 3 nitrogen and oxygen atoms in total. The van der Waals surface area contributed by atoms with E-state index in [-0.39, 0.29) is 6.03 Å². The van der Waals surface area contributed by atoms with E-state index in [1.165, 1.54) is 5.56 Å². The van der Waals surface area contributed by atoms with E-state index in [1.807, 2.05) is 30.0 Å². The van der Waals surface area contributed by atoms with Crippen LogP contribution in [0.4, 0.5) is 10.5 Å². The van der Waals surface area contributed by atoms with Gasteiger partial charge < -0.3 is 5.32 Å². The largest absolute Gasteiger partial charge is 0.338 e. The van der Waals surface area contributed by atoms with E-state index in [0.717, 1.165) is 18.7 Å². The summed E-state index contributed by atoms with van der Waals surface area (Å²) in [7, 11) is 0. The summed E-state index contributed by atoms with van der Waals surface area (Å²) in [6.07, 6.45) is 1.06. The van der Waals surface area contributed by atoms with Crippen LogP contribution >= 0.6 is 0 Å². The third-order valence-corrected chi connectivity index (χ3v) is 2.92. The number of rotatable bonds is 1. The van der Waals surface area contributed by atoms with Crippen LogP contribution in [0.15, 0.2) is 24.3 Å². The number of carbonyl (C=O) groups excluding carboxylic acids is 1. The monoisotopic (exact) mass is 218 g/mol. The van der Waals surface area contributed by atoms with Gasteiger partial charge >= 0.3 is 6.03 Å². The SMILES string of the molecule is CCNC(=O)N1CC(C)Cc2ccccc21. The van der Waals surface area contributed by atoms with Gasteiger partial charge in [-0.2, -0.15) is 0 Å². The van der Waals surface area contributed by atoms with Gasteiger partial charge in [-0.15, -0.1) is 0 Å². The summed E-state index contributed by atoms with van der Waals surface area (Å²) in [5.74, 6) is 0.525. The minimum absolute atomic E-state index is 0.0153. The average Bonchev–Trinajstić information content (AvgIpc) is 2.28. The molecule has 0 saturated carbocycles. The fraction of sp³-hybridized carbons (Fsp3) is 0.462. The van der Waals surface area contributed by atoms with Crippen molar-refractivity contribution in [3.8, 4) is 0 Å². The predicted molar refractivity (Wildman–Crippen MR) is 65.7 cm³/mol. The van der Waals surface area contributed by atoms with Gasteiger partial charge in [0.2, 0.25) is 0 Å². The second-order valence-electron chi connectivity index (χ2n) is 4.38. The highest BCUT2D eigenvalue weighted by molar-refractivity contribution is 5.93. The lowest BCUT2D eigenvalue weighted by molar-refractivity contribution is 0.245. The van der Waals surface area contributed by atoms with Gasteiger partial charge in [-0.3, -0.25) is 4.90 Å². The van der Waals surface area contributed by atoms with Gasteiger partial charge in [0.15, 0.2) is 0 Å². The Morgan fingerprint density at radius 1 is 1.50 bits per heavy atom. The molecule has 1 heterocycles. The second kappa shape index (κ2) is 4.56. The van der Waals surface area contributed by atoms with Crippen LogP contribution in [-0.2, 0) is 6.42 Å². The number of nitrogens with zero attached hydrogens (tertiary/aromatic N) is 1. The van der Waals surface area contributed by atoms with Crippen molar-refractivity contribution in [2.45, 2.75) is 20.3 Å². The molecule has 0 aliphatic carbocycles. The van der Waals surface area contributed by atoms with Crippen LogP contribution in [-0.4, -0.2) is 19.1 Å². The average molecular weight is 218 g/mol. The molecular weight excluding hydrogens is 200 g/mol. The number of fused-ring (bicyclic) bond motifs is 1. The number of hydrogen-bond donors (Lipinski definition) is 1. The summed E-state index contributed by atoms with van der Waals surface area (Å²) >= 11 is 0. The van der Waals surface area contributed by atoms with Crippen molar-refractivity contribution in [3.05, 3.63) is 29.8 Å². The molecule has 1 atom stereocenters. The molecule has 2 rings (SSSR count). The van der Waals surface area contributed by atoms with Crippen LogP contribution in [0.5, 0.6) is 0 Å². The van der Waals surface area contributed by atoms with Crippen LogP contribution in [0.25, 0.3) is 0 Å². The van der Waals surface area contributed by atoms with Gasteiger partial charge in [0.1, 0.15) is 0 Å². The summed E-state index contributed by atoms with van der Waals surface area (Å²) in [5.41, 5.74) is 2.33. The molecule has 2 amide bonds. The van der Waals surface area contributed by atoms with Crippen LogP contribution in [0.1, 0.15) is 19.4 Å². The molecule has 16 heavy (non-hydrogen) atoms. The zero-order valence-electron chi connectivity index (χ0n) is 9.86. The maximum absolute atomic E-state index is 11.9. The number of amides is 2. The fourth-order valence-corrected chi connectivity index (χ4v) is 2.24. The molecule has 0 radical (unpaired) electrons. The first-order valence-electron chi connectivity index (χ1n) is 5.85. The minimum atomic E-state index is 0.0153. The number of nitrogens with one attached hydrogen (secondary N) is 1.